The molecule has 0 bridgehead atoms. The van der Waals surface area contributed by atoms with E-state index >= 15 is 0 Å². The Labute approximate surface area is 137 Å². The van der Waals surface area contributed by atoms with Crippen LogP contribution in [0.5, 0.6) is 0 Å². The van der Waals surface area contributed by atoms with E-state index in [1.165, 1.54) is 16.4 Å². The number of carbonyl (C=O) groups excluding carboxylic acids is 2. The molecule has 0 amide bonds. The maximum absolute atomic E-state index is 12.8. The van der Waals surface area contributed by atoms with E-state index in [9.17, 15) is 18.0 Å². The van der Waals surface area contributed by atoms with Crippen molar-refractivity contribution in [1.29, 1.82) is 0 Å². The molecule has 0 aromatic heterocycles. The van der Waals surface area contributed by atoms with E-state index in [1.807, 2.05) is 0 Å². The minimum Gasteiger partial charge on any atom is -0.386 e. The molecule has 4 rings (SSSR count). The zero-order valence-corrected chi connectivity index (χ0v) is 13.3. The van der Waals surface area contributed by atoms with Crippen LogP contribution < -0.4 is 0 Å². The average molecular weight is 347 g/mol. The number of cyclic esters (lactones) is 2. The molecular weight excluding hydrogens is 334 g/mol. The second kappa shape index (κ2) is 5.37. The summed E-state index contributed by atoms with van der Waals surface area (Å²) in [4.78, 5) is 23.9. The first-order valence-electron chi connectivity index (χ1n) is 7.40. The average Bonchev–Trinajstić information content (AvgIpc) is 2.59. The fourth-order valence-corrected chi connectivity index (χ4v) is 4.48. The smallest absolute Gasteiger partial charge is 0.346 e. The zero-order valence-electron chi connectivity index (χ0n) is 12.5. The van der Waals surface area contributed by atoms with Gasteiger partial charge < -0.3 is 9.47 Å². The Morgan fingerprint density at radius 2 is 1.67 bits per heavy atom. The van der Waals surface area contributed by atoms with Crippen molar-refractivity contribution in [2.24, 2.45) is 0 Å². The van der Waals surface area contributed by atoms with Crippen LogP contribution in [0.15, 0.2) is 35.2 Å². The largest absolute Gasteiger partial charge is 0.386 e. The number of nitrogens with zero attached hydrogens (tertiary/aromatic N) is 1. The fraction of sp³-hybridized carbons (Fsp3) is 0.250. The van der Waals surface area contributed by atoms with E-state index < -0.39 is 22.0 Å². The van der Waals surface area contributed by atoms with Gasteiger partial charge in [0, 0.05) is 18.5 Å². The highest BCUT2D eigenvalue weighted by Crippen LogP contribution is 2.32. The van der Waals surface area contributed by atoms with Gasteiger partial charge in [-0.25, -0.2) is 18.0 Å². The summed E-state index contributed by atoms with van der Waals surface area (Å²) in [5.74, 6) is -1.55. The van der Waals surface area contributed by atoms with E-state index in [0.717, 1.165) is 0 Å². The van der Waals surface area contributed by atoms with E-state index in [-0.39, 0.29) is 29.1 Å². The summed E-state index contributed by atoms with van der Waals surface area (Å²) in [5, 5.41) is 0.946. The third-order valence-electron chi connectivity index (χ3n) is 4.18. The van der Waals surface area contributed by atoms with Crippen LogP contribution in [0.25, 0.3) is 10.8 Å². The lowest BCUT2D eigenvalue weighted by molar-refractivity contribution is 0.0391. The number of rotatable bonds is 2. The molecule has 2 aliphatic heterocycles. The van der Waals surface area contributed by atoms with Crippen molar-refractivity contribution in [2.75, 3.05) is 26.3 Å². The number of hydrogen-bond acceptors (Lipinski definition) is 6. The van der Waals surface area contributed by atoms with Crippen LogP contribution in [-0.4, -0.2) is 51.0 Å². The number of benzene rings is 2. The Hall–Kier alpha value is -2.29. The molecule has 1 saturated heterocycles. The standard InChI is InChI=1S/C16H13NO6S/c18-15-12-3-1-2-10-8-11(9-13(14(10)12)16(19)23-15)24(20,21)17-4-6-22-7-5-17/h1-3,8-9H,4-7H2. The number of ether oxygens (including phenoxy) is 2. The van der Waals surface area contributed by atoms with Crippen molar-refractivity contribution in [2.45, 2.75) is 4.90 Å². The maximum atomic E-state index is 12.8. The summed E-state index contributed by atoms with van der Waals surface area (Å²) >= 11 is 0. The molecule has 1 fully saturated rings. The number of hydrogen-bond donors (Lipinski definition) is 0. The van der Waals surface area contributed by atoms with Crippen LogP contribution in [0.1, 0.15) is 20.7 Å². The van der Waals surface area contributed by atoms with Crippen molar-refractivity contribution < 1.29 is 27.5 Å². The summed E-state index contributed by atoms with van der Waals surface area (Å²) in [5.41, 5.74) is 0.354. The third kappa shape index (κ3) is 2.22. The summed E-state index contributed by atoms with van der Waals surface area (Å²) in [6.45, 7) is 1.19. The molecule has 24 heavy (non-hydrogen) atoms. The van der Waals surface area contributed by atoms with Gasteiger partial charge in [0.25, 0.3) is 0 Å². The number of carbonyl (C=O) groups is 2. The maximum Gasteiger partial charge on any atom is 0.346 e. The van der Waals surface area contributed by atoms with Crippen molar-refractivity contribution in [1.82, 2.24) is 4.31 Å². The van der Waals surface area contributed by atoms with Crippen LogP contribution in [0.3, 0.4) is 0 Å². The van der Waals surface area contributed by atoms with Gasteiger partial charge in [-0.15, -0.1) is 0 Å². The second-order valence-corrected chi connectivity index (χ2v) is 7.51. The predicted octanol–water partition coefficient (Wildman–Crippen LogP) is 1.17. The molecule has 2 aromatic carbocycles. The highest BCUT2D eigenvalue weighted by Gasteiger charge is 2.32. The Balaban J connectivity index is 1.93. The van der Waals surface area contributed by atoms with Crippen molar-refractivity contribution in [3.63, 3.8) is 0 Å². The minimum atomic E-state index is -3.75. The van der Waals surface area contributed by atoms with Gasteiger partial charge >= 0.3 is 11.9 Å². The van der Waals surface area contributed by atoms with Crippen LogP contribution in [0.2, 0.25) is 0 Å². The summed E-state index contributed by atoms with van der Waals surface area (Å²) < 4.78 is 36.9. The molecule has 2 aliphatic rings. The highest BCUT2D eigenvalue weighted by atomic mass is 32.2. The number of sulfonamides is 1. The van der Waals surface area contributed by atoms with Gasteiger partial charge in [-0.3, -0.25) is 0 Å². The van der Waals surface area contributed by atoms with Gasteiger partial charge in [-0.2, -0.15) is 4.31 Å². The van der Waals surface area contributed by atoms with Gasteiger partial charge in [0.2, 0.25) is 10.0 Å². The molecule has 124 valence electrons. The highest BCUT2D eigenvalue weighted by molar-refractivity contribution is 7.89. The molecule has 7 nitrogen and oxygen atoms in total. The minimum absolute atomic E-state index is 0.00958. The molecule has 0 spiro atoms. The Morgan fingerprint density at radius 1 is 0.958 bits per heavy atom. The number of esters is 2. The van der Waals surface area contributed by atoms with E-state index in [4.69, 9.17) is 9.47 Å². The van der Waals surface area contributed by atoms with Gasteiger partial charge in [0.15, 0.2) is 0 Å². The first-order chi connectivity index (χ1) is 11.5. The van der Waals surface area contributed by atoms with Crippen LogP contribution in [0.4, 0.5) is 0 Å². The van der Waals surface area contributed by atoms with Gasteiger partial charge in [0.1, 0.15) is 0 Å². The van der Waals surface area contributed by atoms with Crippen LogP contribution >= 0.6 is 0 Å². The zero-order chi connectivity index (χ0) is 16.9. The summed E-state index contributed by atoms with van der Waals surface area (Å²) in [7, 11) is -3.75. The van der Waals surface area contributed by atoms with Gasteiger partial charge in [0.05, 0.1) is 29.2 Å². The van der Waals surface area contributed by atoms with Crippen LogP contribution in [-0.2, 0) is 19.5 Å². The second-order valence-electron chi connectivity index (χ2n) is 5.57. The Kier molecular flexibility index (Phi) is 3.41. The molecule has 0 radical (unpaired) electrons. The van der Waals surface area contributed by atoms with Crippen molar-refractivity contribution in [3.8, 4) is 0 Å². The predicted molar refractivity (Wildman–Crippen MR) is 83.3 cm³/mol. The molecule has 8 heteroatoms. The topological polar surface area (TPSA) is 90.0 Å². The first-order valence-corrected chi connectivity index (χ1v) is 8.84. The molecular formula is C16H13NO6S. The Morgan fingerprint density at radius 3 is 2.42 bits per heavy atom. The quantitative estimate of drug-likeness (QED) is 0.598. The summed E-state index contributed by atoms with van der Waals surface area (Å²) in [6, 6.07) is 7.62. The molecule has 0 saturated carbocycles. The molecule has 0 aliphatic carbocycles. The number of morpholine rings is 1. The third-order valence-corrected chi connectivity index (χ3v) is 6.06. The van der Waals surface area contributed by atoms with Crippen molar-refractivity contribution in [3.05, 3.63) is 41.5 Å². The van der Waals surface area contributed by atoms with E-state index in [0.29, 0.717) is 24.0 Å². The molecule has 0 unspecified atom stereocenters. The lowest BCUT2D eigenvalue weighted by Crippen LogP contribution is -2.40. The fourth-order valence-electron chi connectivity index (χ4n) is 3.01. The van der Waals surface area contributed by atoms with Gasteiger partial charge in [-0.1, -0.05) is 12.1 Å². The molecule has 0 atom stereocenters. The molecule has 2 aromatic rings. The van der Waals surface area contributed by atoms with Crippen molar-refractivity contribution >= 4 is 32.7 Å². The van der Waals surface area contributed by atoms with Gasteiger partial charge in [-0.05, 0) is 23.6 Å². The SMILES string of the molecule is O=C1OC(=O)c2cc(S(=O)(=O)N3CCOCC3)cc3cccc1c23. The molecule has 2 heterocycles. The van der Waals surface area contributed by atoms with E-state index in [1.54, 1.807) is 18.2 Å². The normalized spacial score (nSPS) is 18.7. The molecule has 0 N–H and O–H groups in total. The monoisotopic (exact) mass is 347 g/mol. The van der Waals surface area contributed by atoms with Crippen LogP contribution in [0, 0.1) is 0 Å². The lowest BCUT2D eigenvalue weighted by Gasteiger charge is -2.26. The Bertz CT molecular complexity index is 975. The first kappa shape index (κ1) is 15.3. The van der Waals surface area contributed by atoms with E-state index in [2.05, 4.69) is 0 Å². The summed E-state index contributed by atoms with van der Waals surface area (Å²) in [6.07, 6.45) is 0. The lowest BCUT2D eigenvalue weighted by atomic mass is 9.97.